The maximum Gasteiger partial charge on any atom is 0.268 e. The molecule has 2 heterocycles. The van der Waals surface area contributed by atoms with Crippen LogP contribution in [0.1, 0.15) is 27.0 Å². The molecule has 1 fully saturated rings. The lowest BCUT2D eigenvalue weighted by Crippen LogP contribution is -2.50. The van der Waals surface area contributed by atoms with Gasteiger partial charge in [0.2, 0.25) is 0 Å². The Morgan fingerprint density at radius 3 is 2.61 bits per heavy atom. The first-order chi connectivity index (χ1) is 15.1. The van der Waals surface area contributed by atoms with Crippen LogP contribution in [0.5, 0.6) is 0 Å². The van der Waals surface area contributed by atoms with Crippen molar-refractivity contribution >= 4 is 29.3 Å². The number of hydrogen-bond donors (Lipinski definition) is 0. The molecule has 1 atom stereocenters. The van der Waals surface area contributed by atoms with E-state index >= 15 is 0 Å². The minimum absolute atomic E-state index is 0.108. The summed E-state index contributed by atoms with van der Waals surface area (Å²) in [4.78, 5) is 29.8. The molecule has 0 unspecified atom stereocenters. The van der Waals surface area contributed by atoms with Crippen molar-refractivity contribution in [2.45, 2.75) is 11.4 Å². The van der Waals surface area contributed by atoms with Gasteiger partial charge in [-0.3, -0.25) is 9.59 Å². The second-order valence-electron chi connectivity index (χ2n) is 7.54. The molecular weight excluding hydrogens is 406 g/mol. The number of nitriles is 1. The fraction of sp³-hybridized carbons (Fsp3) is 0.160. The summed E-state index contributed by atoms with van der Waals surface area (Å²) < 4.78 is 0. The maximum absolute atomic E-state index is 13.9. The number of benzene rings is 3. The van der Waals surface area contributed by atoms with Crippen molar-refractivity contribution in [1.29, 1.82) is 5.26 Å². The zero-order chi connectivity index (χ0) is 21.4. The van der Waals surface area contributed by atoms with Gasteiger partial charge in [0.15, 0.2) is 4.87 Å². The number of carbonyl (C=O) groups is 2. The van der Waals surface area contributed by atoms with Crippen LogP contribution in [0, 0.1) is 11.3 Å². The Labute approximate surface area is 184 Å². The molecular formula is C25H19N3O2S. The maximum atomic E-state index is 13.9. The van der Waals surface area contributed by atoms with E-state index in [1.807, 2.05) is 54.6 Å². The zero-order valence-electron chi connectivity index (χ0n) is 16.7. The standard InChI is InChI=1S/C25H19N3O2S/c26-16-18-7-6-8-19(15-18)17-27-22-12-5-4-11-21(22)25(24(27)30)28(13-14-31-25)23(29)20-9-2-1-3-10-20/h1-12,15H,13-14,17H2/t25-/m1/s1. The molecule has 5 nitrogen and oxygen atoms in total. The Hall–Kier alpha value is -3.56. The monoisotopic (exact) mass is 425 g/mol. The van der Waals surface area contributed by atoms with Crippen molar-refractivity contribution in [2.24, 2.45) is 0 Å². The summed E-state index contributed by atoms with van der Waals surface area (Å²) in [6.45, 7) is 0.858. The number of para-hydroxylation sites is 1. The fourth-order valence-electron chi connectivity index (χ4n) is 4.38. The number of hydrogen-bond acceptors (Lipinski definition) is 4. The van der Waals surface area contributed by atoms with Crippen molar-refractivity contribution in [1.82, 2.24) is 4.90 Å². The van der Waals surface area contributed by atoms with E-state index < -0.39 is 4.87 Å². The van der Waals surface area contributed by atoms with E-state index in [2.05, 4.69) is 6.07 Å². The van der Waals surface area contributed by atoms with Gasteiger partial charge in [-0.15, -0.1) is 11.8 Å². The van der Waals surface area contributed by atoms with Gasteiger partial charge in [-0.25, -0.2) is 0 Å². The number of amides is 2. The lowest BCUT2D eigenvalue weighted by atomic mass is 10.0. The molecule has 2 amide bonds. The minimum atomic E-state index is -1.06. The average Bonchev–Trinajstić information content (AvgIpc) is 3.36. The van der Waals surface area contributed by atoms with Crippen LogP contribution in [-0.2, 0) is 16.2 Å². The molecule has 2 aliphatic heterocycles. The van der Waals surface area contributed by atoms with Crippen LogP contribution in [0.15, 0.2) is 78.9 Å². The third-order valence-corrected chi connectivity index (χ3v) is 7.18. The Balaban J connectivity index is 1.57. The van der Waals surface area contributed by atoms with Crippen LogP contribution < -0.4 is 4.90 Å². The van der Waals surface area contributed by atoms with E-state index in [4.69, 9.17) is 0 Å². The summed E-state index contributed by atoms with van der Waals surface area (Å²) in [7, 11) is 0. The summed E-state index contributed by atoms with van der Waals surface area (Å²) in [5.41, 5.74) is 3.68. The summed E-state index contributed by atoms with van der Waals surface area (Å²) in [5.74, 6) is 0.445. The number of fused-ring (bicyclic) bond motifs is 2. The molecule has 0 N–H and O–H groups in total. The molecule has 6 heteroatoms. The van der Waals surface area contributed by atoms with Gasteiger partial charge in [-0.1, -0.05) is 48.5 Å². The minimum Gasteiger partial charge on any atom is -0.311 e. The normalized spacial score (nSPS) is 19.5. The van der Waals surface area contributed by atoms with E-state index in [0.717, 1.165) is 16.8 Å². The largest absolute Gasteiger partial charge is 0.311 e. The predicted molar refractivity (Wildman–Crippen MR) is 120 cm³/mol. The molecule has 152 valence electrons. The first kappa shape index (κ1) is 19.4. The van der Waals surface area contributed by atoms with Crippen LogP contribution in [0.25, 0.3) is 0 Å². The molecule has 0 saturated carbocycles. The quantitative estimate of drug-likeness (QED) is 0.633. The van der Waals surface area contributed by atoms with E-state index in [1.165, 1.54) is 11.8 Å². The van der Waals surface area contributed by atoms with Crippen molar-refractivity contribution in [3.63, 3.8) is 0 Å². The lowest BCUT2D eigenvalue weighted by Gasteiger charge is -2.33. The van der Waals surface area contributed by atoms with Gasteiger partial charge >= 0.3 is 0 Å². The van der Waals surface area contributed by atoms with Crippen molar-refractivity contribution in [3.8, 4) is 6.07 Å². The Morgan fingerprint density at radius 1 is 1.03 bits per heavy atom. The third kappa shape index (κ3) is 3.01. The van der Waals surface area contributed by atoms with Crippen LogP contribution in [-0.4, -0.2) is 29.0 Å². The molecule has 5 rings (SSSR count). The fourth-order valence-corrected chi connectivity index (χ4v) is 5.84. The highest BCUT2D eigenvalue weighted by atomic mass is 32.2. The first-order valence-corrected chi connectivity index (χ1v) is 11.1. The van der Waals surface area contributed by atoms with E-state index in [1.54, 1.807) is 34.1 Å². The van der Waals surface area contributed by atoms with Gasteiger partial charge in [0.25, 0.3) is 11.8 Å². The summed E-state index contributed by atoms with van der Waals surface area (Å²) in [5, 5.41) is 9.23. The van der Waals surface area contributed by atoms with Crippen LogP contribution >= 0.6 is 11.8 Å². The molecule has 0 aromatic heterocycles. The van der Waals surface area contributed by atoms with Gasteiger partial charge in [-0.2, -0.15) is 5.26 Å². The molecule has 31 heavy (non-hydrogen) atoms. The first-order valence-electron chi connectivity index (χ1n) is 10.1. The van der Waals surface area contributed by atoms with Crippen LogP contribution in [0.4, 0.5) is 5.69 Å². The topological polar surface area (TPSA) is 64.4 Å². The van der Waals surface area contributed by atoms with Crippen molar-refractivity contribution in [2.75, 3.05) is 17.2 Å². The molecule has 3 aromatic rings. The van der Waals surface area contributed by atoms with Crippen LogP contribution in [0.3, 0.4) is 0 Å². The van der Waals surface area contributed by atoms with Gasteiger partial charge in [0.05, 0.1) is 23.9 Å². The molecule has 3 aromatic carbocycles. The van der Waals surface area contributed by atoms with E-state index in [-0.39, 0.29) is 11.8 Å². The highest BCUT2D eigenvalue weighted by Crippen LogP contribution is 2.54. The SMILES string of the molecule is N#Cc1cccc(CN2C(=O)[C@]3(SCCN3C(=O)c3ccccc3)c3ccccc32)c1. The smallest absolute Gasteiger partial charge is 0.268 e. The van der Waals surface area contributed by atoms with Crippen molar-refractivity contribution < 1.29 is 9.59 Å². The molecule has 0 bridgehead atoms. The molecule has 0 aliphatic carbocycles. The number of anilines is 1. The predicted octanol–water partition coefficient (Wildman–Crippen LogP) is 4.15. The third-order valence-electron chi connectivity index (χ3n) is 5.76. The van der Waals surface area contributed by atoms with Gasteiger partial charge in [-0.05, 0) is 35.9 Å². The molecule has 2 aliphatic rings. The number of carbonyl (C=O) groups excluding carboxylic acids is 2. The molecule has 0 radical (unpaired) electrons. The highest BCUT2D eigenvalue weighted by molar-refractivity contribution is 8.01. The highest BCUT2D eigenvalue weighted by Gasteiger charge is 2.59. The van der Waals surface area contributed by atoms with E-state index in [0.29, 0.717) is 30.0 Å². The van der Waals surface area contributed by atoms with Gasteiger partial charge in [0, 0.05) is 23.4 Å². The summed E-state index contributed by atoms with van der Waals surface area (Å²) in [6.07, 6.45) is 0. The Bertz CT molecular complexity index is 1220. The van der Waals surface area contributed by atoms with E-state index in [9.17, 15) is 14.9 Å². The second-order valence-corrected chi connectivity index (χ2v) is 8.82. The number of nitrogens with zero attached hydrogens (tertiary/aromatic N) is 3. The Morgan fingerprint density at radius 2 is 1.81 bits per heavy atom. The summed E-state index contributed by atoms with van der Waals surface area (Å²) >= 11 is 1.52. The lowest BCUT2D eigenvalue weighted by molar-refractivity contribution is -0.123. The number of rotatable bonds is 3. The number of thioether (sulfide) groups is 1. The molecule has 1 spiro atoms. The second kappa shape index (κ2) is 7.60. The van der Waals surface area contributed by atoms with Gasteiger partial charge < -0.3 is 9.80 Å². The van der Waals surface area contributed by atoms with Crippen molar-refractivity contribution in [3.05, 3.63) is 101 Å². The van der Waals surface area contributed by atoms with Crippen LogP contribution in [0.2, 0.25) is 0 Å². The molecule has 1 saturated heterocycles. The van der Waals surface area contributed by atoms with Gasteiger partial charge in [0.1, 0.15) is 0 Å². The Kier molecular flexibility index (Phi) is 4.76. The average molecular weight is 426 g/mol. The zero-order valence-corrected chi connectivity index (χ0v) is 17.5. The summed E-state index contributed by atoms with van der Waals surface area (Å²) in [6, 6.07) is 26.3.